The predicted molar refractivity (Wildman–Crippen MR) is 119 cm³/mol. The number of nitrogens with zero attached hydrogens (tertiary/aromatic N) is 1. The average molecular weight is 430 g/mol. The Morgan fingerprint density at radius 3 is 2.26 bits per heavy atom. The summed E-state index contributed by atoms with van der Waals surface area (Å²) in [6.07, 6.45) is 0. The van der Waals surface area contributed by atoms with Gasteiger partial charge in [0.15, 0.2) is 18.0 Å². The van der Waals surface area contributed by atoms with Crippen LogP contribution in [0.2, 0.25) is 0 Å². The number of quaternary nitrogens is 2. The lowest BCUT2D eigenvalue weighted by Gasteiger charge is -2.30. The molecule has 1 fully saturated rings. The van der Waals surface area contributed by atoms with Crippen LogP contribution in [-0.2, 0) is 17.9 Å². The molecule has 0 unspecified atom stereocenters. The Labute approximate surface area is 185 Å². The Hall–Kier alpha value is -2.77. The minimum Gasteiger partial charge on any atom is -0.497 e. The van der Waals surface area contributed by atoms with Gasteiger partial charge in [0.2, 0.25) is 0 Å². The number of likely N-dealkylation sites (N-methyl/N-ethyl adjacent to an activating group) is 1. The van der Waals surface area contributed by atoms with E-state index in [2.05, 4.69) is 12.1 Å². The van der Waals surface area contributed by atoms with Crippen molar-refractivity contribution in [3.05, 3.63) is 53.6 Å². The van der Waals surface area contributed by atoms with Gasteiger partial charge in [-0.15, -0.1) is 0 Å². The van der Waals surface area contributed by atoms with Gasteiger partial charge in [-0.05, 0) is 35.9 Å². The predicted octanol–water partition coefficient (Wildman–Crippen LogP) is -0.346. The first kappa shape index (κ1) is 22.9. The molecule has 168 valence electrons. The highest BCUT2D eigenvalue weighted by atomic mass is 16.5. The van der Waals surface area contributed by atoms with Crippen molar-refractivity contribution >= 4 is 5.91 Å². The van der Waals surface area contributed by atoms with Crippen molar-refractivity contribution in [2.24, 2.45) is 0 Å². The molecule has 0 aliphatic carbocycles. The zero-order valence-electron chi connectivity index (χ0n) is 19.1. The van der Waals surface area contributed by atoms with E-state index in [1.165, 1.54) is 15.4 Å². The zero-order valence-corrected chi connectivity index (χ0v) is 19.1. The average Bonchev–Trinajstić information content (AvgIpc) is 2.80. The smallest absolute Gasteiger partial charge is 0.277 e. The molecule has 0 atom stereocenters. The topological polar surface area (TPSA) is 56.9 Å². The third-order valence-corrected chi connectivity index (χ3v) is 5.95. The molecule has 31 heavy (non-hydrogen) atoms. The van der Waals surface area contributed by atoms with Gasteiger partial charge in [0.25, 0.3) is 5.91 Å². The summed E-state index contributed by atoms with van der Waals surface area (Å²) in [5.41, 5.74) is 2.32. The number of carbonyl (C=O) groups is 1. The second-order valence-corrected chi connectivity index (χ2v) is 8.14. The van der Waals surface area contributed by atoms with Gasteiger partial charge in [0, 0.05) is 19.2 Å². The van der Waals surface area contributed by atoms with Crippen LogP contribution >= 0.6 is 0 Å². The van der Waals surface area contributed by atoms with Gasteiger partial charge in [-0.25, -0.2) is 0 Å². The molecular weight excluding hydrogens is 394 g/mol. The molecule has 2 aromatic carbocycles. The second-order valence-electron chi connectivity index (χ2n) is 8.14. The van der Waals surface area contributed by atoms with Crippen molar-refractivity contribution in [1.29, 1.82) is 0 Å². The van der Waals surface area contributed by atoms with Crippen molar-refractivity contribution in [2.75, 3.05) is 61.1 Å². The van der Waals surface area contributed by atoms with Gasteiger partial charge in [-0.1, -0.05) is 12.1 Å². The van der Waals surface area contributed by atoms with Crippen LogP contribution in [0.5, 0.6) is 17.2 Å². The normalized spacial score (nSPS) is 18.3. The van der Waals surface area contributed by atoms with E-state index in [0.29, 0.717) is 13.1 Å². The standard InChI is InChI=1S/C24H33N3O4/c1-25(16-19-6-5-7-21(14-19)29-2)24(28)18-27-12-10-26(11-13-27)17-20-8-9-22(30-3)23(15-20)31-4/h5-9,14-15H,10-13,16-18H2,1-4H3/p+2. The summed E-state index contributed by atoms with van der Waals surface area (Å²) < 4.78 is 16.0. The molecule has 0 radical (unpaired) electrons. The Balaban J connectivity index is 1.45. The first-order chi connectivity index (χ1) is 15.0. The van der Waals surface area contributed by atoms with Gasteiger partial charge in [0.1, 0.15) is 38.5 Å². The Bertz CT molecular complexity index is 866. The van der Waals surface area contributed by atoms with Crippen molar-refractivity contribution in [3.8, 4) is 17.2 Å². The van der Waals surface area contributed by atoms with Crippen LogP contribution in [0.4, 0.5) is 0 Å². The number of hydrogen-bond acceptors (Lipinski definition) is 4. The second kappa shape index (κ2) is 11.0. The molecule has 2 N–H and O–H groups in total. The molecule has 7 heteroatoms. The first-order valence-electron chi connectivity index (χ1n) is 10.8. The molecule has 2 aromatic rings. The zero-order chi connectivity index (χ0) is 22.2. The van der Waals surface area contributed by atoms with Crippen LogP contribution in [0, 0.1) is 0 Å². The van der Waals surface area contributed by atoms with Crippen LogP contribution in [0.1, 0.15) is 11.1 Å². The van der Waals surface area contributed by atoms with Gasteiger partial charge in [0.05, 0.1) is 21.3 Å². The highest BCUT2D eigenvalue weighted by Crippen LogP contribution is 2.27. The number of amides is 1. The molecule has 3 rings (SSSR count). The summed E-state index contributed by atoms with van der Waals surface area (Å²) in [6, 6.07) is 14.0. The van der Waals surface area contributed by atoms with Gasteiger partial charge >= 0.3 is 0 Å². The number of hydrogen-bond donors (Lipinski definition) is 2. The molecule has 7 nitrogen and oxygen atoms in total. The van der Waals surface area contributed by atoms with E-state index in [-0.39, 0.29) is 5.91 Å². The fourth-order valence-corrected chi connectivity index (χ4v) is 4.07. The third kappa shape index (κ3) is 6.35. The maximum Gasteiger partial charge on any atom is 0.277 e. The van der Waals surface area contributed by atoms with Crippen LogP contribution in [0.3, 0.4) is 0 Å². The lowest BCUT2D eigenvalue weighted by Crippen LogP contribution is -3.28. The minimum atomic E-state index is 0.182. The summed E-state index contributed by atoms with van der Waals surface area (Å²) in [4.78, 5) is 17.4. The van der Waals surface area contributed by atoms with Gasteiger partial charge < -0.3 is 28.9 Å². The molecule has 1 amide bonds. The maximum atomic E-state index is 12.7. The Morgan fingerprint density at radius 2 is 1.58 bits per heavy atom. The van der Waals surface area contributed by atoms with E-state index in [0.717, 1.165) is 55.5 Å². The molecule has 1 heterocycles. The van der Waals surface area contributed by atoms with Crippen LogP contribution in [0.15, 0.2) is 42.5 Å². The molecule has 1 saturated heterocycles. The summed E-state index contributed by atoms with van der Waals surface area (Å²) in [6.45, 7) is 6.21. The van der Waals surface area contributed by atoms with Crippen LogP contribution < -0.4 is 24.0 Å². The van der Waals surface area contributed by atoms with Crippen molar-refractivity contribution in [3.63, 3.8) is 0 Å². The molecule has 0 aromatic heterocycles. The Kier molecular flexibility index (Phi) is 8.14. The summed E-state index contributed by atoms with van der Waals surface area (Å²) >= 11 is 0. The monoisotopic (exact) mass is 429 g/mol. The lowest BCUT2D eigenvalue weighted by atomic mass is 10.1. The fourth-order valence-electron chi connectivity index (χ4n) is 4.07. The van der Waals surface area contributed by atoms with Crippen molar-refractivity contribution in [1.82, 2.24) is 4.90 Å². The molecule has 0 saturated carbocycles. The quantitative estimate of drug-likeness (QED) is 0.573. The molecular formula is C24H35N3O4+2. The van der Waals surface area contributed by atoms with E-state index in [9.17, 15) is 4.79 Å². The Morgan fingerprint density at radius 1 is 0.871 bits per heavy atom. The number of nitrogens with one attached hydrogen (secondary N) is 2. The fraction of sp³-hybridized carbons (Fsp3) is 0.458. The van der Waals surface area contributed by atoms with Gasteiger partial charge in [-0.2, -0.15) is 0 Å². The molecule has 0 bridgehead atoms. The number of ether oxygens (including phenoxy) is 3. The first-order valence-corrected chi connectivity index (χ1v) is 10.8. The lowest BCUT2D eigenvalue weighted by molar-refractivity contribution is -1.02. The van der Waals surface area contributed by atoms with E-state index in [1.807, 2.05) is 42.3 Å². The van der Waals surface area contributed by atoms with Crippen molar-refractivity contribution < 1.29 is 28.8 Å². The number of piperazine rings is 1. The van der Waals surface area contributed by atoms with E-state index in [4.69, 9.17) is 14.2 Å². The largest absolute Gasteiger partial charge is 0.497 e. The molecule has 0 spiro atoms. The van der Waals surface area contributed by atoms with Crippen molar-refractivity contribution in [2.45, 2.75) is 13.1 Å². The SMILES string of the molecule is COc1cccc(CN(C)C(=O)C[NH+]2CC[NH+](Cc3ccc(OC)c(OC)c3)CC2)c1. The van der Waals surface area contributed by atoms with Crippen LogP contribution in [-0.4, -0.2) is 71.9 Å². The highest BCUT2D eigenvalue weighted by Gasteiger charge is 2.26. The minimum absolute atomic E-state index is 0.182. The summed E-state index contributed by atoms with van der Waals surface area (Å²) in [7, 11) is 6.85. The van der Waals surface area contributed by atoms with Gasteiger partial charge in [-0.3, -0.25) is 4.79 Å². The van der Waals surface area contributed by atoms with E-state index >= 15 is 0 Å². The third-order valence-electron chi connectivity index (χ3n) is 5.95. The number of rotatable bonds is 9. The number of carbonyl (C=O) groups excluding carboxylic acids is 1. The number of benzene rings is 2. The summed E-state index contributed by atoms with van der Waals surface area (Å²) in [5.74, 6) is 2.53. The summed E-state index contributed by atoms with van der Waals surface area (Å²) in [5, 5.41) is 0. The van der Waals surface area contributed by atoms with E-state index < -0.39 is 0 Å². The molecule has 1 aliphatic rings. The maximum absolute atomic E-state index is 12.7. The van der Waals surface area contributed by atoms with Crippen LogP contribution in [0.25, 0.3) is 0 Å². The molecule has 1 aliphatic heterocycles. The van der Waals surface area contributed by atoms with E-state index in [1.54, 1.807) is 21.3 Å². The number of methoxy groups -OCH3 is 3. The highest BCUT2D eigenvalue weighted by molar-refractivity contribution is 5.76.